The molecule has 0 heterocycles. The topological polar surface area (TPSA) is 30.5 Å². The van der Waals surface area contributed by atoms with Crippen LogP contribution in [0.1, 0.15) is 32.8 Å². The van der Waals surface area contributed by atoms with E-state index in [1.807, 2.05) is 19.1 Å². The molecular formula is C16H26BrNO2. The van der Waals surface area contributed by atoms with E-state index < -0.39 is 0 Å². The fraction of sp³-hybridized carbons (Fsp3) is 0.625. The van der Waals surface area contributed by atoms with Crippen LogP contribution in [0.25, 0.3) is 0 Å². The van der Waals surface area contributed by atoms with Crippen molar-refractivity contribution in [3.8, 4) is 5.75 Å². The predicted molar refractivity (Wildman–Crippen MR) is 87.6 cm³/mol. The predicted octanol–water partition coefficient (Wildman–Crippen LogP) is 3.79. The van der Waals surface area contributed by atoms with Gasteiger partial charge in [0.15, 0.2) is 0 Å². The van der Waals surface area contributed by atoms with Crippen molar-refractivity contribution in [3.63, 3.8) is 0 Å². The summed E-state index contributed by atoms with van der Waals surface area (Å²) in [6.45, 7) is 8.03. The molecule has 3 nitrogen and oxygen atoms in total. The molecule has 2 unspecified atom stereocenters. The fourth-order valence-corrected chi connectivity index (χ4v) is 2.88. The Morgan fingerprint density at radius 3 is 2.55 bits per heavy atom. The summed E-state index contributed by atoms with van der Waals surface area (Å²) in [5.41, 5.74) is 1.20. The Labute approximate surface area is 131 Å². The highest BCUT2D eigenvalue weighted by Crippen LogP contribution is 2.25. The second kappa shape index (κ2) is 9.37. The van der Waals surface area contributed by atoms with Gasteiger partial charge < -0.3 is 14.8 Å². The lowest BCUT2D eigenvalue weighted by atomic mass is 9.98. The van der Waals surface area contributed by atoms with Crippen LogP contribution in [0.15, 0.2) is 22.7 Å². The van der Waals surface area contributed by atoms with Crippen LogP contribution in [-0.2, 0) is 11.2 Å². The number of rotatable bonds is 9. The van der Waals surface area contributed by atoms with E-state index in [0.29, 0.717) is 6.04 Å². The summed E-state index contributed by atoms with van der Waals surface area (Å²) in [5, 5.41) is 3.54. The number of hydrogen-bond acceptors (Lipinski definition) is 3. The first-order valence-electron chi connectivity index (χ1n) is 7.33. The molecule has 2 atom stereocenters. The molecule has 1 rings (SSSR count). The van der Waals surface area contributed by atoms with E-state index in [2.05, 4.69) is 41.2 Å². The molecule has 114 valence electrons. The van der Waals surface area contributed by atoms with Gasteiger partial charge in [0.25, 0.3) is 0 Å². The SMILES string of the molecule is CCNC(Cc1cc(Br)ccc1OC)C(CC)OCC. The molecule has 4 heteroatoms. The van der Waals surface area contributed by atoms with E-state index in [-0.39, 0.29) is 6.10 Å². The Morgan fingerprint density at radius 2 is 2.00 bits per heavy atom. The van der Waals surface area contributed by atoms with Gasteiger partial charge in [0.05, 0.1) is 13.2 Å². The van der Waals surface area contributed by atoms with E-state index in [4.69, 9.17) is 9.47 Å². The maximum Gasteiger partial charge on any atom is 0.122 e. The Bertz CT molecular complexity index is 398. The number of benzene rings is 1. The molecule has 0 radical (unpaired) electrons. The summed E-state index contributed by atoms with van der Waals surface area (Å²) < 4.78 is 12.4. The molecule has 0 saturated carbocycles. The molecule has 0 spiro atoms. The van der Waals surface area contributed by atoms with Gasteiger partial charge in [-0.05, 0) is 50.1 Å². The Morgan fingerprint density at radius 1 is 1.25 bits per heavy atom. The summed E-state index contributed by atoms with van der Waals surface area (Å²) in [6, 6.07) is 6.43. The lowest BCUT2D eigenvalue weighted by Crippen LogP contribution is -2.42. The lowest BCUT2D eigenvalue weighted by Gasteiger charge is -2.27. The van der Waals surface area contributed by atoms with Crippen LogP contribution in [0.4, 0.5) is 0 Å². The van der Waals surface area contributed by atoms with Crippen molar-refractivity contribution in [2.24, 2.45) is 0 Å². The largest absolute Gasteiger partial charge is 0.496 e. The Hall–Kier alpha value is -0.580. The Kier molecular flexibility index (Phi) is 8.19. The highest BCUT2D eigenvalue weighted by Gasteiger charge is 2.21. The van der Waals surface area contributed by atoms with E-state index >= 15 is 0 Å². The molecule has 0 saturated heterocycles. The summed E-state index contributed by atoms with van der Waals surface area (Å²) in [5.74, 6) is 0.933. The minimum absolute atomic E-state index is 0.226. The summed E-state index contributed by atoms with van der Waals surface area (Å²) >= 11 is 3.53. The first-order chi connectivity index (χ1) is 9.65. The highest BCUT2D eigenvalue weighted by atomic mass is 79.9. The second-order valence-corrected chi connectivity index (χ2v) is 5.64. The molecule has 1 aromatic rings. The zero-order chi connectivity index (χ0) is 15.0. The molecule has 0 bridgehead atoms. The molecule has 20 heavy (non-hydrogen) atoms. The summed E-state index contributed by atoms with van der Waals surface area (Å²) in [4.78, 5) is 0. The van der Waals surface area contributed by atoms with Crippen molar-refractivity contribution in [1.29, 1.82) is 0 Å². The van der Waals surface area contributed by atoms with Crippen LogP contribution in [0.3, 0.4) is 0 Å². The normalized spacial score (nSPS) is 14.1. The van der Waals surface area contributed by atoms with Gasteiger partial charge in [-0.1, -0.05) is 29.8 Å². The standard InChI is InChI=1S/C16H26BrNO2/c1-5-15(20-7-3)14(18-6-2)11-12-10-13(17)8-9-16(12)19-4/h8-10,14-15,18H,5-7,11H2,1-4H3. The van der Waals surface area contributed by atoms with E-state index in [9.17, 15) is 0 Å². The van der Waals surface area contributed by atoms with Crippen molar-refractivity contribution in [1.82, 2.24) is 5.32 Å². The van der Waals surface area contributed by atoms with Gasteiger partial charge in [-0.15, -0.1) is 0 Å². The molecule has 1 aromatic carbocycles. The van der Waals surface area contributed by atoms with Crippen molar-refractivity contribution < 1.29 is 9.47 Å². The van der Waals surface area contributed by atoms with E-state index in [1.54, 1.807) is 7.11 Å². The van der Waals surface area contributed by atoms with Gasteiger partial charge in [0, 0.05) is 17.1 Å². The van der Waals surface area contributed by atoms with E-state index in [1.165, 1.54) is 5.56 Å². The molecular weight excluding hydrogens is 318 g/mol. The number of nitrogens with one attached hydrogen (secondary N) is 1. The third kappa shape index (κ3) is 5.08. The fourth-order valence-electron chi connectivity index (χ4n) is 2.47. The van der Waals surface area contributed by atoms with Gasteiger partial charge in [-0.2, -0.15) is 0 Å². The third-order valence-electron chi connectivity index (χ3n) is 3.38. The molecule has 0 amide bonds. The first kappa shape index (κ1) is 17.5. The van der Waals surface area contributed by atoms with Crippen LogP contribution in [0.5, 0.6) is 5.75 Å². The average Bonchev–Trinajstić information content (AvgIpc) is 2.44. The minimum Gasteiger partial charge on any atom is -0.496 e. The third-order valence-corrected chi connectivity index (χ3v) is 3.87. The zero-order valence-corrected chi connectivity index (χ0v) is 14.5. The van der Waals surface area contributed by atoms with Crippen molar-refractivity contribution in [3.05, 3.63) is 28.2 Å². The maximum atomic E-state index is 5.87. The Balaban J connectivity index is 2.91. The zero-order valence-electron chi connectivity index (χ0n) is 12.9. The number of halogens is 1. The first-order valence-corrected chi connectivity index (χ1v) is 8.12. The van der Waals surface area contributed by atoms with Crippen molar-refractivity contribution in [2.45, 2.75) is 45.8 Å². The molecule has 0 aliphatic carbocycles. The molecule has 0 aromatic heterocycles. The van der Waals surface area contributed by atoms with Gasteiger partial charge in [0.2, 0.25) is 0 Å². The number of methoxy groups -OCH3 is 1. The van der Waals surface area contributed by atoms with Gasteiger partial charge in [-0.25, -0.2) is 0 Å². The van der Waals surface area contributed by atoms with Gasteiger partial charge in [-0.3, -0.25) is 0 Å². The van der Waals surface area contributed by atoms with Gasteiger partial charge in [0.1, 0.15) is 5.75 Å². The van der Waals surface area contributed by atoms with Crippen molar-refractivity contribution >= 4 is 15.9 Å². The summed E-state index contributed by atoms with van der Waals surface area (Å²) in [6.07, 6.45) is 2.13. The van der Waals surface area contributed by atoms with Crippen LogP contribution < -0.4 is 10.1 Å². The van der Waals surface area contributed by atoms with E-state index in [0.717, 1.165) is 36.2 Å². The molecule has 0 aliphatic rings. The van der Waals surface area contributed by atoms with Crippen LogP contribution in [0, 0.1) is 0 Å². The minimum atomic E-state index is 0.226. The number of ether oxygens (including phenoxy) is 2. The quantitative estimate of drug-likeness (QED) is 0.739. The monoisotopic (exact) mass is 343 g/mol. The molecule has 0 aliphatic heterocycles. The maximum absolute atomic E-state index is 5.87. The smallest absolute Gasteiger partial charge is 0.122 e. The second-order valence-electron chi connectivity index (χ2n) is 4.73. The van der Waals surface area contributed by atoms with Crippen LogP contribution >= 0.6 is 15.9 Å². The molecule has 1 N–H and O–H groups in total. The lowest BCUT2D eigenvalue weighted by molar-refractivity contribution is 0.0322. The van der Waals surface area contributed by atoms with Gasteiger partial charge >= 0.3 is 0 Å². The summed E-state index contributed by atoms with van der Waals surface area (Å²) in [7, 11) is 1.72. The number of likely N-dealkylation sites (N-methyl/N-ethyl adjacent to an activating group) is 1. The highest BCUT2D eigenvalue weighted by molar-refractivity contribution is 9.10. The van der Waals surface area contributed by atoms with Crippen LogP contribution in [0.2, 0.25) is 0 Å². The number of hydrogen-bond donors (Lipinski definition) is 1. The van der Waals surface area contributed by atoms with Crippen molar-refractivity contribution in [2.75, 3.05) is 20.3 Å². The average molecular weight is 344 g/mol. The van der Waals surface area contributed by atoms with Crippen LogP contribution in [-0.4, -0.2) is 32.4 Å². The molecule has 0 fully saturated rings.